The molecule has 3 aromatic heterocycles. The minimum absolute atomic E-state index is 0.0907. The molecule has 0 amide bonds. The van der Waals surface area contributed by atoms with Crippen molar-refractivity contribution in [3.8, 4) is 39.3 Å². The highest BCUT2D eigenvalue weighted by atomic mass is 15.0. The van der Waals surface area contributed by atoms with Crippen LogP contribution in [0.5, 0.6) is 0 Å². The summed E-state index contributed by atoms with van der Waals surface area (Å²) in [5.41, 5.74) is -6.06. The van der Waals surface area contributed by atoms with Gasteiger partial charge < -0.3 is 13.7 Å². The summed E-state index contributed by atoms with van der Waals surface area (Å²) in [6, 6.07) is -17.6. The van der Waals surface area contributed by atoms with E-state index in [2.05, 4.69) is 0 Å². The van der Waals surface area contributed by atoms with Crippen molar-refractivity contribution >= 4 is 65.4 Å². The number of rotatable bonds is 5. The van der Waals surface area contributed by atoms with Crippen LogP contribution >= 0.6 is 0 Å². The van der Waals surface area contributed by atoms with Crippen LogP contribution in [-0.4, -0.2) is 13.7 Å². The smallest absolute Gasteiger partial charge is 0.0667 e. The molecule has 0 saturated carbocycles. The zero-order valence-corrected chi connectivity index (χ0v) is 28.7. The molecule has 0 aliphatic rings. The SMILES string of the molecule is [2H]c1c([2H])c([2H])c(-c2c([2H])c([2H])c(-c3cccc(-n4c5c([2H])c([2H])c([2H])c([2H])c5c5c([2H])c(-n6c7c([2H])c(-n8c9c([2H])c([2H])c([2H])c([2H])c9c9c([2H])c([2H])c([2H])c([2H])c98)cc([2H])c7c7c([2H])c([2H])c([2H])c([2H])c76)c([2H])c([2H])c54)c3)c([2H])c2[2H])c([2H])c1[2H]. The second-order valence-electron chi connectivity index (χ2n) is 12.7. The van der Waals surface area contributed by atoms with Crippen molar-refractivity contribution in [3.63, 3.8) is 0 Å². The molecule has 9 aromatic carbocycles. The molecule has 57 heavy (non-hydrogen) atoms. The number of fused-ring (bicyclic) bond motifs is 9. The molecule has 0 spiro atoms. The van der Waals surface area contributed by atoms with Gasteiger partial charge in [0.25, 0.3) is 0 Å². The van der Waals surface area contributed by atoms with E-state index >= 15 is 0 Å². The summed E-state index contributed by atoms with van der Waals surface area (Å²) in [5.74, 6) is 0. The highest BCUT2D eigenvalue weighted by molar-refractivity contribution is 6.13. The molecule has 0 fully saturated rings. The molecular weight excluding hydrogens is 691 g/mol. The Bertz CT molecular complexity index is 5150. The fraction of sp³-hybridized carbons (Fsp3) is 0. The van der Waals surface area contributed by atoms with Crippen molar-refractivity contribution in [2.45, 2.75) is 0 Å². The molecule has 0 N–H and O–H groups in total. The molecule has 0 aliphatic carbocycles. The van der Waals surface area contributed by atoms with Gasteiger partial charge in [-0.05, 0) is 88.8 Å². The van der Waals surface area contributed by atoms with Crippen LogP contribution in [0, 0.1) is 0 Å². The molecule has 0 aliphatic heterocycles. The normalized spacial score (nSPS) is 19.2. The van der Waals surface area contributed by atoms with Crippen LogP contribution in [0.1, 0.15) is 41.1 Å². The van der Waals surface area contributed by atoms with Crippen LogP contribution < -0.4 is 0 Å². The van der Waals surface area contributed by atoms with Gasteiger partial charge in [0.2, 0.25) is 0 Å². The van der Waals surface area contributed by atoms with Crippen molar-refractivity contribution in [1.29, 1.82) is 0 Å². The third kappa shape index (κ3) is 4.86. The third-order valence-electron chi connectivity index (χ3n) is 9.61. The summed E-state index contributed by atoms with van der Waals surface area (Å²) in [6.07, 6.45) is 0. The van der Waals surface area contributed by atoms with Gasteiger partial charge >= 0.3 is 0 Å². The van der Waals surface area contributed by atoms with Gasteiger partial charge in [-0.1, -0.05) is 145 Å². The van der Waals surface area contributed by atoms with Crippen molar-refractivity contribution in [1.82, 2.24) is 13.7 Å². The maximum absolute atomic E-state index is 10.2. The molecular formula is C54H35N3. The molecule has 266 valence electrons. The first-order valence-electron chi connectivity index (χ1n) is 32.2. The lowest BCUT2D eigenvalue weighted by Gasteiger charge is -2.13. The van der Waals surface area contributed by atoms with Gasteiger partial charge in [0, 0.05) is 49.4 Å². The fourth-order valence-electron chi connectivity index (χ4n) is 7.19. The Hall–Kier alpha value is -7.62. The first-order chi connectivity index (χ1) is 40.8. The average Bonchev–Trinajstić information content (AvgIpc) is 1.55. The van der Waals surface area contributed by atoms with E-state index in [9.17, 15) is 15.1 Å². The second kappa shape index (κ2) is 12.5. The monoisotopic (exact) mass is 755 g/mol. The quantitative estimate of drug-likeness (QED) is 0.166. The van der Waals surface area contributed by atoms with E-state index in [0.29, 0.717) is 0 Å². The number of aromatic nitrogens is 3. The van der Waals surface area contributed by atoms with E-state index in [0.717, 1.165) is 19.8 Å². The highest BCUT2D eigenvalue weighted by Gasteiger charge is 2.19. The van der Waals surface area contributed by atoms with Crippen molar-refractivity contribution in [3.05, 3.63) is 212 Å². The van der Waals surface area contributed by atoms with Gasteiger partial charge in [-0.15, -0.1) is 0 Å². The van der Waals surface area contributed by atoms with Crippen LogP contribution in [0.15, 0.2) is 212 Å². The largest absolute Gasteiger partial charge is 0.309 e. The Balaban J connectivity index is 1.22. The lowest BCUT2D eigenvalue weighted by atomic mass is 10.00. The molecule has 3 heterocycles. The molecule has 3 nitrogen and oxygen atoms in total. The summed E-state index contributed by atoms with van der Waals surface area (Å²) in [4.78, 5) is 0. The lowest BCUT2D eigenvalue weighted by Crippen LogP contribution is -1.97. The first kappa shape index (κ1) is 14.1. The summed E-state index contributed by atoms with van der Waals surface area (Å²) in [7, 11) is 0. The highest BCUT2D eigenvalue weighted by Crippen LogP contribution is 2.39. The predicted octanol–water partition coefficient (Wildman–Crippen LogP) is 14.3. The van der Waals surface area contributed by atoms with Crippen LogP contribution in [0.4, 0.5) is 0 Å². The molecule has 0 saturated heterocycles. The average molecular weight is 756 g/mol. The Morgan fingerprint density at radius 1 is 0.281 bits per heavy atom. The van der Waals surface area contributed by atoms with Gasteiger partial charge in [-0.25, -0.2) is 0 Å². The van der Waals surface area contributed by atoms with E-state index in [1.54, 1.807) is 0 Å². The first-order valence-corrected chi connectivity index (χ1v) is 17.2. The number of hydrogen-bond acceptors (Lipinski definition) is 0. The predicted molar refractivity (Wildman–Crippen MR) is 240 cm³/mol. The summed E-state index contributed by atoms with van der Waals surface area (Å²) < 4.78 is 274. The maximum atomic E-state index is 10.2. The Morgan fingerprint density at radius 3 is 1.35 bits per heavy atom. The van der Waals surface area contributed by atoms with Gasteiger partial charge in [-0.3, -0.25) is 0 Å². The molecule has 0 bridgehead atoms. The van der Waals surface area contributed by atoms with Crippen LogP contribution in [0.25, 0.3) is 105 Å². The van der Waals surface area contributed by atoms with Crippen LogP contribution in [0.2, 0.25) is 0 Å². The lowest BCUT2D eigenvalue weighted by molar-refractivity contribution is 1.15. The van der Waals surface area contributed by atoms with E-state index in [4.69, 9.17) is 26.0 Å². The summed E-state index contributed by atoms with van der Waals surface area (Å²) in [6.45, 7) is 0. The molecule has 12 aromatic rings. The Morgan fingerprint density at radius 2 is 0.737 bits per heavy atom. The van der Waals surface area contributed by atoms with Crippen molar-refractivity contribution in [2.75, 3.05) is 0 Å². The molecule has 0 unspecified atom stereocenters. The minimum Gasteiger partial charge on any atom is -0.309 e. The summed E-state index contributed by atoms with van der Waals surface area (Å²) in [5, 5.41) is -2.60. The number of benzene rings is 9. The van der Waals surface area contributed by atoms with Crippen molar-refractivity contribution in [2.24, 2.45) is 0 Å². The van der Waals surface area contributed by atoms with Gasteiger partial charge in [0.1, 0.15) is 0 Å². The number of nitrogens with zero attached hydrogens (tertiary/aromatic N) is 3. The molecule has 0 radical (unpaired) electrons. The Kier molecular flexibility index (Phi) is 3.09. The van der Waals surface area contributed by atoms with Gasteiger partial charge in [0.15, 0.2) is 0 Å². The van der Waals surface area contributed by atoms with E-state index in [1.165, 1.54) is 24.3 Å². The molecule has 0 atom stereocenters. The maximum Gasteiger partial charge on any atom is 0.0667 e. The number of hydrogen-bond donors (Lipinski definition) is 0. The molecule has 3 heteroatoms. The van der Waals surface area contributed by atoms with Gasteiger partial charge in [-0.2, -0.15) is 0 Å². The second-order valence-corrected chi connectivity index (χ2v) is 12.7. The molecule has 12 rings (SSSR count). The fourth-order valence-corrected chi connectivity index (χ4v) is 7.19. The van der Waals surface area contributed by atoms with Crippen LogP contribution in [0.3, 0.4) is 0 Å². The van der Waals surface area contributed by atoms with Gasteiger partial charge in [0.05, 0.1) is 74.2 Å². The van der Waals surface area contributed by atoms with E-state index in [-0.39, 0.29) is 11.3 Å². The summed E-state index contributed by atoms with van der Waals surface area (Å²) >= 11 is 0. The topological polar surface area (TPSA) is 14.8 Å². The minimum atomic E-state index is -0.951. The van der Waals surface area contributed by atoms with Crippen LogP contribution in [-0.2, 0) is 0 Å². The zero-order valence-electron chi connectivity index (χ0n) is 58.7. The van der Waals surface area contributed by atoms with Crippen molar-refractivity contribution < 1.29 is 41.1 Å². The van der Waals surface area contributed by atoms with E-state index < -0.39 is 275 Å². The standard InChI is InChI=1S/C54H35N3/c1-2-13-36(14-3-1)37-25-27-38(28-26-37)39-15-12-16-40(33-39)55-52-24-11-7-20-46(52)48-34-41(30-32-53(48)55)57-51-23-10-6-19-45(51)47-31-29-42(35-54(47)57)56-49-21-8-4-17-43(49)44-18-5-9-22-50(44)56/h1-35H/i1D,2D,3D,4D,5D,6D,7D,8D,9D,10D,11D,13D,14D,17D,18D,19D,20D,21D,22D,23D,24D,25D,26D,27D,28D,30D,31D,32D,34D,35D. The third-order valence-corrected chi connectivity index (χ3v) is 9.61. The zero-order chi connectivity index (χ0) is 63.6. The number of para-hydroxylation sites is 4. The van der Waals surface area contributed by atoms with E-state index in [1.807, 2.05) is 0 Å². The Labute approximate surface area is 371 Å².